The summed E-state index contributed by atoms with van der Waals surface area (Å²) in [5.41, 5.74) is -1.28. The first-order valence-corrected chi connectivity index (χ1v) is 7.44. The zero-order valence-electron chi connectivity index (χ0n) is 12.9. The van der Waals surface area contributed by atoms with Crippen molar-refractivity contribution in [3.05, 3.63) is 44.0 Å². The predicted octanol–water partition coefficient (Wildman–Crippen LogP) is 3.54. The molecule has 0 aliphatic rings. The molecule has 23 heavy (non-hydrogen) atoms. The van der Waals surface area contributed by atoms with Gasteiger partial charge in [-0.3, -0.25) is 20.2 Å². The van der Waals surface area contributed by atoms with Gasteiger partial charge in [0.15, 0.2) is 0 Å². The van der Waals surface area contributed by atoms with Gasteiger partial charge in [-0.1, -0.05) is 20.3 Å². The summed E-state index contributed by atoms with van der Waals surface area (Å²) in [6.07, 6.45) is 2.29. The number of carbonyl (C=O) groups is 1. The van der Waals surface area contributed by atoms with Crippen LogP contribution in [0.5, 0.6) is 0 Å². The monoisotopic (exact) mass is 342 g/mol. The Balaban J connectivity index is 2.83. The van der Waals surface area contributed by atoms with Crippen LogP contribution in [0.25, 0.3) is 0 Å². The topological polar surface area (TPSA) is 113 Å². The molecule has 0 aromatic heterocycles. The Bertz CT molecular complexity index is 585. The molecule has 0 bridgehead atoms. The van der Waals surface area contributed by atoms with Gasteiger partial charge >= 0.3 is 5.97 Å². The van der Waals surface area contributed by atoms with Crippen LogP contribution in [0.15, 0.2) is 18.2 Å². The highest BCUT2D eigenvalue weighted by Gasteiger charge is 2.22. The minimum atomic E-state index is -0.836. The molecule has 0 amide bonds. The summed E-state index contributed by atoms with van der Waals surface area (Å²) in [5, 5.41) is 21.6. The van der Waals surface area contributed by atoms with E-state index in [1.165, 1.54) is 0 Å². The largest absolute Gasteiger partial charge is 0.462 e. The zero-order chi connectivity index (χ0) is 17.6. The van der Waals surface area contributed by atoms with Gasteiger partial charge in [-0.25, -0.2) is 4.79 Å². The fourth-order valence-corrected chi connectivity index (χ4v) is 2.35. The van der Waals surface area contributed by atoms with E-state index in [0.717, 1.165) is 31.0 Å². The highest BCUT2D eigenvalue weighted by atomic mass is 32.1. The van der Waals surface area contributed by atoms with Crippen LogP contribution in [0.2, 0.25) is 0 Å². The molecule has 0 saturated carbocycles. The van der Waals surface area contributed by atoms with Crippen LogP contribution in [0, 0.1) is 20.2 Å². The second-order valence-corrected chi connectivity index (χ2v) is 6.46. The maximum absolute atomic E-state index is 11.9. The quantitative estimate of drug-likeness (QED) is 0.334. The second-order valence-electron chi connectivity index (χ2n) is 5.39. The Hall–Kier alpha value is -2.16. The van der Waals surface area contributed by atoms with Gasteiger partial charge in [0.1, 0.15) is 0 Å². The van der Waals surface area contributed by atoms with E-state index < -0.39 is 27.2 Å². The van der Waals surface area contributed by atoms with Crippen LogP contribution in [0.1, 0.15) is 43.5 Å². The number of hydrogen-bond donors (Lipinski definition) is 1. The van der Waals surface area contributed by atoms with Gasteiger partial charge in [-0.05, 0) is 12.8 Å². The smallest absolute Gasteiger partial charge is 0.338 e. The fourth-order valence-electron chi connectivity index (χ4n) is 2.03. The molecule has 1 atom stereocenters. The van der Waals surface area contributed by atoms with Gasteiger partial charge in [0, 0.05) is 16.9 Å². The van der Waals surface area contributed by atoms with Gasteiger partial charge in [-0.2, -0.15) is 12.6 Å². The predicted molar refractivity (Wildman–Crippen MR) is 86.9 cm³/mol. The average molecular weight is 342 g/mol. The third-order valence-electron chi connectivity index (χ3n) is 3.22. The Morgan fingerprint density at radius 2 is 1.70 bits per heavy atom. The average Bonchev–Trinajstić information content (AvgIpc) is 2.46. The molecule has 0 aliphatic carbocycles. The van der Waals surface area contributed by atoms with Crippen LogP contribution < -0.4 is 0 Å². The summed E-state index contributed by atoms with van der Waals surface area (Å²) in [7, 11) is 0. The molecule has 1 aromatic carbocycles. The molecular weight excluding hydrogens is 324 g/mol. The summed E-state index contributed by atoms with van der Waals surface area (Å²) in [6, 6.07) is 2.71. The summed E-state index contributed by atoms with van der Waals surface area (Å²) < 4.78 is 4.76. The number of hydrogen-bond acceptors (Lipinski definition) is 7. The minimum absolute atomic E-state index is 0.0787. The molecule has 126 valence electrons. The Labute approximate surface area is 138 Å². The SMILES string of the molecule is CCCC(C)(S)CCOC(=O)c1cc([N+](=O)[O-])cc([N+](=O)[O-])c1. The van der Waals surface area contributed by atoms with Crippen LogP contribution in [-0.4, -0.2) is 27.2 Å². The van der Waals surface area contributed by atoms with E-state index in [4.69, 9.17) is 4.74 Å². The molecule has 1 unspecified atom stereocenters. The van der Waals surface area contributed by atoms with Crippen molar-refractivity contribution in [2.24, 2.45) is 0 Å². The van der Waals surface area contributed by atoms with E-state index in [0.29, 0.717) is 6.42 Å². The lowest BCUT2D eigenvalue weighted by atomic mass is 10.0. The summed E-state index contributed by atoms with van der Waals surface area (Å²) in [4.78, 5) is 31.9. The number of non-ortho nitro benzene ring substituents is 2. The first kappa shape index (κ1) is 18.9. The maximum atomic E-state index is 11.9. The van der Waals surface area contributed by atoms with E-state index in [2.05, 4.69) is 12.6 Å². The van der Waals surface area contributed by atoms with Gasteiger partial charge in [-0.15, -0.1) is 0 Å². The van der Waals surface area contributed by atoms with Crippen molar-refractivity contribution in [3.63, 3.8) is 0 Å². The van der Waals surface area contributed by atoms with Gasteiger partial charge in [0.25, 0.3) is 11.4 Å². The van der Waals surface area contributed by atoms with E-state index in [9.17, 15) is 25.0 Å². The molecule has 0 spiro atoms. The molecule has 0 aliphatic heterocycles. The first-order valence-electron chi connectivity index (χ1n) is 6.99. The van der Waals surface area contributed by atoms with Crippen molar-refractivity contribution in [3.8, 4) is 0 Å². The number of rotatable bonds is 8. The molecular formula is C14H18N2O6S. The number of esters is 1. The summed E-state index contributed by atoms with van der Waals surface area (Å²) >= 11 is 4.47. The first-order chi connectivity index (χ1) is 10.7. The third-order valence-corrected chi connectivity index (χ3v) is 3.67. The Kier molecular flexibility index (Phi) is 6.49. The highest BCUT2D eigenvalue weighted by molar-refractivity contribution is 7.81. The lowest BCUT2D eigenvalue weighted by molar-refractivity contribution is -0.394. The molecule has 0 N–H and O–H groups in total. The molecule has 1 aromatic rings. The molecule has 0 saturated heterocycles. The molecule has 9 heteroatoms. The number of thiol groups is 1. The number of benzene rings is 1. The van der Waals surface area contributed by atoms with Crippen molar-refractivity contribution in [2.45, 2.75) is 37.9 Å². The lowest BCUT2D eigenvalue weighted by Gasteiger charge is -2.22. The summed E-state index contributed by atoms with van der Waals surface area (Å²) in [5.74, 6) is -0.836. The van der Waals surface area contributed by atoms with E-state index in [1.807, 2.05) is 13.8 Å². The van der Waals surface area contributed by atoms with Crippen LogP contribution >= 0.6 is 12.6 Å². The highest BCUT2D eigenvalue weighted by Crippen LogP contribution is 2.26. The Morgan fingerprint density at radius 1 is 1.17 bits per heavy atom. The molecule has 1 rings (SSSR count). The van der Waals surface area contributed by atoms with E-state index in [1.54, 1.807) is 0 Å². The van der Waals surface area contributed by atoms with Crippen LogP contribution in [0.3, 0.4) is 0 Å². The van der Waals surface area contributed by atoms with Gasteiger partial charge < -0.3 is 4.74 Å². The minimum Gasteiger partial charge on any atom is -0.462 e. The molecule has 0 radical (unpaired) electrons. The lowest BCUT2D eigenvalue weighted by Crippen LogP contribution is -2.20. The number of nitrogens with zero attached hydrogens (tertiary/aromatic N) is 2. The zero-order valence-corrected chi connectivity index (χ0v) is 13.7. The maximum Gasteiger partial charge on any atom is 0.338 e. The van der Waals surface area contributed by atoms with Gasteiger partial charge in [0.2, 0.25) is 0 Å². The fraction of sp³-hybridized carbons (Fsp3) is 0.500. The van der Waals surface area contributed by atoms with Crippen LogP contribution in [-0.2, 0) is 4.74 Å². The second kappa shape index (κ2) is 7.91. The summed E-state index contributed by atoms with van der Waals surface area (Å²) in [6.45, 7) is 4.02. The number of carbonyl (C=O) groups excluding carboxylic acids is 1. The Morgan fingerprint density at radius 3 is 2.13 bits per heavy atom. The standard InChI is InChI=1S/C14H18N2O6S/c1-3-4-14(2,23)5-6-22-13(17)10-7-11(15(18)19)9-12(8-10)16(20)21/h7-9,23H,3-6H2,1-2H3. The van der Waals surface area contributed by atoms with Crippen molar-refractivity contribution in [1.82, 2.24) is 0 Å². The van der Waals surface area contributed by atoms with Crippen molar-refractivity contribution >= 4 is 30.0 Å². The van der Waals surface area contributed by atoms with Gasteiger partial charge in [0.05, 0.1) is 28.1 Å². The number of ether oxygens (including phenoxy) is 1. The van der Waals surface area contributed by atoms with Crippen molar-refractivity contribution < 1.29 is 19.4 Å². The number of nitro benzene ring substituents is 2. The number of nitro groups is 2. The normalized spacial score (nSPS) is 13.2. The third kappa shape index (κ3) is 5.85. The molecule has 8 nitrogen and oxygen atoms in total. The van der Waals surface area contributed by atoms with Crippen LogP contribution in [0.4, 0.5) is 11.4 Å². The van der Waals surface area contributed by atoms with Crippen molar-refractivity contribution in [2.75, 3.05) is 6.61 Å². The van der Waals surface area contributed by atoms with E-state index in [-0.39, 0.29) is 16.9 Å². The van der Waals surface area contributed by atoms with E-state index >= 15 is 0 Å². The molecule has 0 heterocycles. The van der Waals surface area contributed by atoms with Crippen molar-refractivity contribution in [1.29, 1.82) is 0 Å². The molecule has 0 fully saturated rings.